The molecule has 2 N–H and O–H groups in total. The summed E-state index contributed by atoms with van der Waals surface area (Å²) in [7, 11) is -1.49. The number of rotatable bonds is 9. The summed E-state index contributed by atoms with van der Waals surface area (Å²) in [6.45, 7) is 5.72. The Hall–Kier alpha value is -14.3. The molecule has 10 heteroatoms. The molecule has 628 valence electrons. The van der Waals surface area contributed by atoms with Crippen LogP contribution in [0.2, 0.25) is 0 Å². The average molecular weight is 1830 g/mol. The summed E-state index contributed by atoms with van der Waals surface area (Å²) < 4.78 is 2.16. The zero-order valence-corrected chi connectivity index (χ0v) is 76.6. The van der Waals surface area contributed by atoms with Gasteiger partial charge in [-0.2, -0.15) is 6.42 Å². The van der Waals surface area contributed by atoms with Crippen molar-refractivity contribution in [3.63, 3.8) is 0 Å². The van der Waals surface area contributed by atoms with Crippen LogP contribution in [0.5, 0.6) is 0 Å². The van der Waals surface area contributed by atoms with Crippen molar-refractivity contribution in [3.05, 3.63) is 538 Å². The standard InChI is InChI=1S/C47H30N2.C25H17BO2.C25H15Br.C22H15BrN2.C4H9.Li/c1-3-14-31(15-4-1)44-30-45(49-46(48-44)32-16-5-2-6-17-32)35-19-13-18-33(28-35)34-26-27-39-38-22-9-12-25-42(38)47(43(39)29-34)40-23-10-7-20-36(40)37-21-8-11-24-41(37)47;27-26(28)16-13-14-20-19-9-3-6-12-23(19)25(24(20)15-16)21-10-4-1-7-17(21)18-8-2-5-11-22(18)25;26-16-13-14-20-19-9-3-6-12-23(19)25(24(20)15-16)21-10-4-1-7-17(21)18-8-2-5-11-22(18)25;23-19-13-7-12-18(14-19)21-15-20(16-8-3-1-4-9-16)24-22(25-21)17-10-5-2-6-11-17;1-3-4-2;/h1-30H;1-15,27-28H;1-15H;1-15H;1,3-4H2,2H3;/q;;;;-1;+1. The summed E-state index contributed by atoms with van der Waals surface area (Å²) in [6, 6.07) is 161. The van der Waals surface area contributed by atoms with Crippen LogP contribution in [0.3, 0.4) is 0 Å². The molecule has 20 aromatic rings. The topological polar surface area (TPSA) is 92.0 Å². The van der Waals surface area contributed by atoms with Crippen LogP contribution < -0.4 is 24.3 Å². The quantitative estimate of drug-likeness (QED) is 0.111. The second-order valence-corrected chi connectivity index (χ2v) is 36.0. The smallest absolute Gasteiger partial charge is 0.423 e. The Balaban J connectivity index is 0.000000110. The Morgan fingerprint density at radius 1 is 0.226 bits per heavy atom. The predicted molar refractivity (Wildman–Crippen MR) is 549 cm³/mol. The van der Waals surface area contributed by atoms with Gasteiger partial charge in [0.2, 0.25) is 0 Å². The second kappa shape index (κ2) is 36.1. The average Bonchev–Trinajstić information content (AvgIpc) is 1.52. The molecule has 0 unspecified atom stereocenters. The zero-order chi connectivity index (χ0) is 89.0. The molecule has 0 amide bonds. The molecule has 6 aliphatic carbocycles. The van der Waals surface area contributed by atoms with E-state index in [0.717, 1.165) is 99.9 Å². The van der Waals surface area contributed by atoms with Gasteiger partial charge in [0, 0.05) is 42.3 Å². The van der Waals surface area contributed by atoms with Crippen LogP contribution in [0.1, 0.15) is 86.5 Å². The van der Waals surface area contributed by atoms with E-state index in [2.05, 4.69) is 391 Å². The van der Waals surface area contributed by atoms with Gasteiger partial charge in [-0.15, -0.1) is 0 Å². The maximum absolute atomic E-state index is 9.85. The Labute approximate surface area is 805 Å². The molecule has 2 heterocycles. The first-order chi connectivity index (χ1) is 65.0. The van der Waals surface area contributed by atoms with E-state index in [1.165, 1.54) is 134 Å². The maximum atomic E-state index is 9.85. The number of hydrogen-bond acceptors (Lipinski definition) is 6. The summed E-state index contributed by atoms with van der Waals surface area (Å²) in [4.78, 5) is 19.7. The molecule has 6 nitrogen and oxygen atoms in total. The van der Waals surface area contributed by atoms with Gasteiger partial charge >= 0.3 is 26.0 Å². The van der Waals surface area contributed by atoms with Crippen molar-refractivity contribution in [2.45, 2.75) is 36.0 Å². The Morgan fingerprint density at radius 2 is 0.466 bits per heavy atom. The predicted octanol–water partition coefficient (Wildman–Crippen LogP) is 26.9. The zero-order valence-electron chi connectivity index (χ0n) is 73.4. The van der Waals surface area contributed by atoms with Gasteiger partial charge in [-0.05, 0) is 199 Å². The van der Waals surface area contributed by atoms with E-state index in [1.54, 1.807) is 0 Å². The van der Waals surface area contributed by atoms with Crippen molar-refractivity contribution in [1.29, 1.82) is 0 Å². The summed E-state index contributed by atoms with van der Waals surface area (Å²) in [5.41, 5.74) is 43.2. The van der Waals surface area contributed by atoms with Crippen LogP contribution in [0, 0.1) is 6.92 Å². The molecular formula is C123H86BBr2LiN4O2. The fourth-order valence-electron chi connectivity index (χ4n) is 21.3. The SMILES string of the molecule is Brc1ccc2c(c1)C1(c3ccccc3-c3ccccc31)c1ccccc1-2.Brc1cccc(-c2cc(-c3ccccc3)nc(-c3ccccc3)n2)c1.OB(O)c1ccc2c(c1)C1(c3ccccc3-c3ccccc31)c1ccccc1-2.[CH2-]CCC.[Li+].c1ccc(-c2cc(-c3cccc(-c4ccc5c(c4)C4(c6ccccc6-c6ccccc64)c4ccccc4-5)c3)nc(-c3ccccc3)n2)cc1. The first-order valence-corrected chi connectivity index (χ1v) is 46.6. The summed E-state index contributed by atoms with van der Waals surface area (Å²) in [5, 5.41) is 19.7. The molecule has 0 bridgehead atoms. The minimum absolute atomic E-state index is 0. The number of hydrogen-bond donors (Lipinski definition) is 2. The van der Waals surface area contributed by atoms with Crippen LogP contribution in [-0.4, -0.2) is 37.1 Å². The van der Waals surface area contributed by atoms with Crippen molar-refractivity contribution < 1.29 is 28.9 Å². The third-order valence-corrected chi connectivity index (χ3v) is 27.9. The molecular weight excluding hydrogens is 1740 g/mol. The first kappa shape index (κ1) is 85.4. The third-order valence-electron chi connectivity index (χ3n) is 26.9. The summed E-state index contributed by atoms with van der Waals surface area (Å²) in [6.07, 6.45) is 2.28. The van der Waals surface area contributed by atoms with Gasteiger partial charge in [0.15, 0.2) is 11.6 Å². The molecule has 0 saturated heterocycles. The maximum Gasteiger partial charge on any atom is 1.00 e. The number of aromatic nitrogens is 4. The molecule has 0 saturated carbocycles. The molecule has 0 atom stereocenters. The molecule has 133 heavy (non-hydrogen) atoms. The normalized spacial score (nSPS) is 12.9. The van der Waals surface area contributed by atoms with Gasteiger partial charge in [-0.25, -0.2) is 19.9 Å². The van der Waals surface area contributed by atoms with E-state index < -0.39 is 12.5 Å². The van der Waals surface area contributed by atoms with E-state index in [4.69, 9.17) is 19.9 Å². The number of halogens is 2. The van der Waals surface area contributed by atoms with Gasteiger partial charge in [0.25, 0.3) is 0 Å². The van der Waals surface area contributed by atoms with Gasteiger partial charge in [0.1, 0.15) is 0 Å². The Kier molecular flexibility index (Phi) is 23.2. The number of nitrogens with zero attached hydrogens (tertiary/aromatic N) is 4. The van der Waals surface area contributed by atoms with Gasteiger partial charge in [0.05, 0.1) is 39.0 Å². The number of benzene rings is 18. The van der Waals surface area contributed by atoms with Crippen LogP contribution in [0.25, 0.3) is 146 Å². The van der Waals surface area contributed by atoms with Crippen LogP contribution in [-0.2, 0) is 16.2 Å². The minimum Gasteiger partial charge on any atom is -0.423 e. The van der Waals surface area contributed by atoms with E-state index >= 15 is 0 Å². The van der Waals surface area contributed by atoms with Gasteiger partial charge < -0.3 is 17.0 Å². The molecule has 0 aliphatic heterocycles. The minimum atomic E-state index is -1.49. The first-order valence-electron chi connectivity index (χ1n) is 45.0. The largest absolute Gasteiger partial charge is 1.00 e. The van der Waals surface area contributed by atoms with Gasteiger partial charge in [-0.3, -0.25) is 0 Å². The van der Waals surface area contributed by atoms with Crippen molar-refractivity contribution in [2.24, 2.45) is 0 Å². The molecule has 26 rings (SSSR count). The van der Waals surface area contributed by atoms with Crippen LogP contribution in [0.15, 0.2) is 464 Å². The fourth-order valence-corrected chi connectivity index (χ4v) is 22.0. The number of fused-ring (bicyclic) bond motifs is 30. The molecule has 6 aliphatic rings. The van der Waals surface area contributed by atoms with E-state index in [1.807, 2.05) is 109 Å². The summed E-state index contributed by atoms with van der Waals surface area (Å²) >= 11 is 7.26. The van der Waals surface area contributed by atoms with Crippen molar-refractivity contribution in [2.75, 3.05) is 0 Å². The Bertz CT molecular complexity index is 7530. The Morgan fingerprint density at radius 3 is 0.797 bits per heavy atom. The molecule has 3 spiro atoms. The van der Waals surface area contributed by atoms with Crippen molar-refractivity contribution in [1.82, 2.24) is 19.9 Å². The van der Waals surface area contributed by atoms with Crippen molar-refractivity contribution >= 4 is 44.4 Å². The van der Waals surface area contributed by atoms with Crippen LogP contribution in [0.4, 0.5) is 0 Å². The molecule has 0 radical (unpaired) electrons. The summed E-state index contributed by atoms with van der Waals surface area (Å²) in [5.74, 6) is 1.45. The van der Waals surface area contributed by atoms with Gasteiger partial charge in [-0.1, -0.05) is 452 Å². The molecule has 2 aromatic heterocycles. The van der Waals surface area contributed by atoms with E-state index in [0.29, 0.717) is 5.46 Å². The molecule has 18 aromatic carbocycles. The third kappa shape index (κ3) is 14.6. The fraction of sp³-hybridized carbons (Fsp3) is 0.0488. The van der Waals surface area contributed by atoms with E-state index in [-0.39, 0.29) is 29.7 Å². The molecule has 0 fully saturated rings. The monoisotopic (exact) mass is 1830 g/mol. The second-order valence-electron chi connectivity index (χ2n) is 34.1. The van der Waals surface area contributed by atoms with Crippen molar-refractivity contribution in [3.8, 4) is 146 Å². The number of unbranched alkanes of at least 4 members (excludes halogenated alkanes) is 1. The van der Waals surface area contributed by atoms with Crippen LogP contribution >= 0.6 is 31.9 Å². The van der Waals surface area contributed by atoms with E-state index in [9.17, 15) is 10.0 Å².